The van der Waals surface area contributed by atoms with E-state index in [0.29, 0.717) is 12.3 Å². The number of fused-ring (bicyclic) bond motifs is 1. The van der Waals surface area contributed by atoms with Crippen molar-refractivity contribution in [2.75, 3.05) is 7.05 Å². The van der Waals surface area contributed by atoms with Gasteiger partial charge in [0.05, 0.1) is 18.4 Å². The quantitative estimate of drug-likeness (QED) is 0.766. The standard InChI is InChI=1S/C14H12FNO2/c1-16-8-13-10(5-6-17-13)12-7-9-3-2-4-11(15)14(9)18-12/h2-7,16H,8H2,1H3. The van der Waals surface area contributed by atoms with Crippen molar-refractivity contribution >= 4 is 11.0 Å². The lowest BCUT2D eigenvalue weighted by molar-refractivity contribution is 0.494. The van der Waals surface area contributed by atoms with E-state index < -0.39 is 0 Å². The lowest BCUT2D eigenvalue weighted by Gasteiger charge is -1.98. The minimum Gasteiger partial charge on any atom is -0.467 e. The normalized spacial score (nSPS) is 11.2. The minimum atomic E-state index is -0.350. The molecule has 1 aromatic carbocycles. The van der Waals surface area contributed by atoms with E-state index in [1.807, 2.05) is 25.2 Å². The molecule has 0 amide bonds. The van der Waals surface area contributed by atoms with E-state index in [2.05, 4.69) is 5.32 Å². The number of halogens is 1. The van der Waals surface area contributed by atoms with Crippen LogP contribution in [-0.4, -0.2) is 7.05 Å². The third-order valence-corrected chi connectivity index (χ3v) is 2.84. The topological polar surface area (TPSA) is 38.3 Å². The second-order valence-corrected chi connectivity index (χ2v) is 4.06. The second kappa shape index (κ2) is 4.31. The van der Waals surface area contributed by atoms with Gasteiger partial charge in [0.2, 0.25) is 0 Å². The Kier molecular flexibility index (Phi) is 2.64. The van der Waals surface area contributed by atoms with Crippen LogP contribution in [0.4, 0.5) is 4.39 Å². The fourth-order valence-electron chi connectivity index (χ4n) is 2.02. The van der Waals surface area contributed by atoms with Crippen molar-refractivity contribution in [2.24, 2.45) is 0 Å². The van der Waals surface area contributed by atoms with Crippen LogP contribution >= 0.6 is 0 Å². The zero-order chi connectivity index (χ0) is 12.5. The summed E-state index contributed by atoms with van der Waals surface area (Å²) < 4.78 is 24.5. The Labute approximate surface area is 103 Å². The summed E-state index contributed by atoms with van der Waals surface area (Å²) in [6, 6.07) is 8.52. The molecule has 0 bridgehead atoms. The van der Waals surface area contributed by atoms with Crippen LogP contribution in [0.5, 0.6) is 0 Å². The molecule has 2 aromatic heterocycles. The van der Waals surface area contributed by atoms with Crippen LogP contribution < -0.4 is 5.32 Å². The van der Waals surface area contributed by atoms with Crippen molar-refractivity contribution in [3.8, 4) is 11.3 Å². The third-order valence-electron chi connectivity index (χ3n) is 2.84. The third kappa shape index (κ3) is 1.71. The average Bonchev–Trinajstić information content (AvgIpc) is 2.95. The highest BCUT2D eigenvalue weighted by Gasteiger charge is 2.14. The predicted molar refractivity (Wildman–Crippen MR) is 66.6 cm³/mol. The summed E-state index contributed by atoms with van der Waals surface area (Å²) in [6.45, 7) is 0.599. The first-order valence-electron chi connectivity index (χ1n) is 5.69. The molecule has 2 heterocycles. The predicted octanol–water partition coefficient (Wildman–Crippen LogP) is 3.55. The molecule has 4 heteroatoms. The van der Waals surface area contributed by atoms with Crippen LogP contribution in [0.1, 0.15) is 5.76 Å². The van der Waals surface area contributed by atoms with Gasteiger partial charge in [0.1, 0.15) is 11.5 Å². The molecule has 18 heavy (non-hydrogen) atoms. The van der Waals surface area contributed by atoms with Crippen molar-refractivity contribution in [2.45, 2.75) is 6.54 Å². The lowest BCUT2D eigenvalue weighted by atomic mass is 10.2. The highest BCUT2D eigenvalue weighted by molar-refractivity contribution is 5.83. The van der Waals surface area contributed by atoms with Crippen molar-refractivity contribution in [3.05, 3.63) is 48.2 Å². The van der Waals surface area contributed by atoms with Crippen molar-refractivity contribution in [1.82, 2.24) is 5.32 Å². The highest BCUT2D eigenvalue weighted by Crippen LogP contribution is 2.31. The Morgan fingerprint density at radius 1 is 1.28 bits per heavy atom. The molecule has 3 aromatic rings. The molecule has 0 radical (unpaired) electrons. The SMILES string of the molecule is CNCc1occc1-c1cc2cccc(F)c2o1. The van der Waals surface area contributed by atoms with Crippen LogP contribution in [0.2, 0.25) is 0 Å². The summed E-state index contributed by atoms with van der Waals surface area (Å²) in [5, 5.41) is 3.77. The molecule has 1 N–H and O–H groups in total. The monoisotopic (exact) mass is 245 g/mol. The van der Waals surface area contributed by atoms with Gasteiger partial charge in [-0.05, 0) is 25.2 Å². The van der Waals surface area contributed by atoms with E-state index >= 15 is 0 Å². The molecule has 3 rings (SSSR count). The summed E-state index contributed by atoms with van der Waals surface area (Å²) in [5.41, 5.74) is 1.13. The second-order valence-electron chi connectivity index (χ2n) is 4.06. The van der Waals surface area contributed by atoms with Crippen LogP contribution in [0.15, 0.2) is 45.4 Å². The Bertz CT molecular complexity index is 684. The molecular weight excluding hydrogens is 233 g/mol. The lowest BCUT2D eigenvalue weighted by Crippen LogP contribution is -2.04. The Balaban J connectivity index is 2.14. The molecule has 0 saturated heterocycles. The first-order valence-corrected chi connectivity index (χ1v) is 5.69. The molecule has 0 saturated carbocycles. The maximum atomic E-state index is 13.6. The number of nitrogens with one attached hydrogen (secondary N) is 1. The summed E-state index contributed by atoms with van der Waals surface area (Å²) >= 11 is 0. The van der Waals surface area contributed by atoms with Crippen LogP contribution in [0.3, 0.4) is 0 Å². The summed E-state index contributed by atoms with van der Waals surface area (Å²) in [6.07, 6.45) is 1.60. The smallest absolute Gasteiger partial charge is 0.170 e. The molecule has 3 nitrogen and oxygen atoms in total. The Hall–Kier alpha value is -2.07. The van der Waals surface area contributed by atoms with E-state index in [1.54, 1.807) is 12.3 Å². The van der Waals surface area contributed by atoms with Gasteiger partial charge in [0.25, 0.3) is 0 Å². The maximum Gasteiger partial charge on any atom is 0.170 e. The van der Waals surface area contributed by atoms with Crippen molar-refractivity contribution in [3.63, 3.8) is 0 Å². The van der Waals surface area contributed by atoms with Gasteiger partial charge in [0.15, 0.2) is 11.4 Å². The van der Waals surface area contributed by atoms with E-state index in [-0.39, 0.29) is 11.4 Å². The summed E-state index contributed by atoms with van der Waals surface area (Å²) in [4.78, 5) is 0. The molecule has 92 valence electrons. The van der Waals surface area contributed by atoms with Crippen LogP contribution in [0.25, 0.3) is 22.3 Å². The highest BCUT2D eigenvalue weighted by atomic mass is 19.1. The van der Waals surface area contributed by atoms with Gasteiger partial charge in [-0.1, -0.05) is 12.1 Å². The Morgan fingerprint density at radius 2 is 2.17 bits per heavy atom. The molecule has 0 fully saturated rings. The molecule has 0 aliphatic heterocycles. The molecular formula is C14H12FNO2. The van der Waals surface area contributed by atoms with E-state index in [9.17, 15) is 4.39 Å². The fourth-order valence-corrected chi connectivity index (χ4v) is 2.02. The van der Waals surface area contributed by atoms with Gasteiger partial charge in [-0.3, -0.25) is 0 Å². The number of furan rings is 2. The largest absolute Gasteiger partial charge is 0.467 e. The fraction of sp³-hybridized carbons (Fsp3) is 0.143. The minimum absolute atomic E-state index is 0.282. The molecule has 0 atom stereocenters. The average molecular weight is 245 g/mol. The van der Waals surface area contributed by atoms with Gasteiger partial charge in [-0.2, -0.15) is 0 Å². The van der Waals surface area contributed by atoms with E-state index in [4.69, 9.17) is 8.83 Å². The zero-order valence-corrected chi connectivity index (χ0v) is 9.87. The van der Waals surface area contributed by atoms with Gasteiger partial charge >= 0.3 is 0 Å². The van der Waals surface area contributed by atoms with E-state index in [1.165, 1.54) is 6.07 Å². The van der Waals surface area contributed by atoms with Gasteiger partial charge < -0.3 is 14.2 Å². The molecule has 0 aliphatic rings. The molecule has 0 spiro atoms. The first kappa shape index (κ1) is 11.0. The molecule has 0 unspecified atom stereocenters. The van der Waals surface area contributed by atoms with E-state index in [0.717, 1.165) is 16.7 Å². The summed E-state index contributed by atoms with van der Waals surface area (Å²) in [5.74, 6) is 1.04. The number of hydrogen-bond acceptors (Lipinski definition) is 3. The Morgan fingerprint density at radius 3 is 2.94 bits per heavy atom. The number of para-hydroxylation sites is 1. The first-order chi connectivity index (χ1) is 8.79. The van der Waals surface area contributed by atoms with Crippen molar-refractivity contribution in [1.29, 1.82) is 0 Å². The van der Waals surface area contributed by atoms with Crippen molar-refractivity contribution < 1.29 is 13.2 Å². The number of hydrogen-bond donors (Lipinski definition) is 1. The van der Waals surface area contributed by atoms with Crippen LogP contribution in [0, 0.1) is 5.82 Å². The van der Waals surface area contributed by atoms with Gasteiger partial charge in [0, 0.05) is 5.39 Å². The van der Waals surface area contributed by atoms with Gasteiger partial charge in [-0.25, -0.2) is 4.39 Å². The number of benzene rings is 1. The maximum absolute atomic E-state index is 13.6. The van der Waals surface area contributed by atoms with Gasteiger partial charge in [-0.15, -0.1) is 0 Å². The summed E-state index contributed by atoms with van der Waals surface area (Å²) in [7, 11) is 1.84. The zero-order valence-electron chi connectivity index (χ0n) is 9.87. The van der Waals surface area contributed by atoms with Crippen LogP contribution in [-0.2, 0) is 6.54 Å². The molecule has 0 aliphatic carbocycles. The number of rotatable bonds is 3.